The van der Waals surface area contributed by atoms with E-state index in [-0.39, 0.29) is 12.4 Å². The summed E-state index contributed by atoms with van der Waals surface area (Å²) in [6.45, 7) is 5.80. The van der Waals surface area contributed by atoms with Crippen molar-refractivity contribution < 1.29 is 9.53 Å². The molecule has 3 heteroatoms. The van der Waals surface area contributed by atoms with Crippen LogP contribution in [0.5, 0.6) is 5.75 Å². The van der Waals surface area contributed by atoms with Crippen molar-refractivity contribution in [3.63, 3.8) is 0 Å². The Kier molecular flexibility index (Phi) is 4.32. The molecular formula is C14H19NO2. The minimum atomic E-state index is -0.405. The van der Waals surface area contributed by atoms with E-state index in [1.54, 1.807) is 0 Å². The van der Waals surface area contributed by atoms with Gasteiger partial charge in [-0.25, -0.2) is 0 Å². The number of hydrogen-bond acceptors (Lipinski definition) is 3. The van der Waals surface area contributed by atoms with Gasteiger partial charge in [0.1, 0.15) is 12.4 Å². The Morgan fingerprint density at radius 3 is 2.41 bits per heavy atom. The van der Waals surface area contributed by atoms with Crippen molar-refractivity contribution in [2.45, 2.75) is 20.8 Å². The number of rotatable bonds is 4. The number of nitrogens with two attached hydrogens (primary N) is 1. The van der Waals surface area contributed by atoms with Crippen LogP contribution in [-0.4, -0.2) is 12.4 Å². The first-order valence-electron chi connectivity index (χ1n) is 5.58. The molecule has 2 N–H and O–H groups in total. The highest BCUT2D eigenvalue weighted by atomic mass is 16.5. The van der Waals surface area contributed by atoms with Gasteiger partial charge in [0.25, 0.3) is 0 Å². The molecule has 1 aromatic carbocycles. The van der Waals surface area contributed by atoms with E-state index in [0.717, 1.165) is 5.75 Å². The molecule has 0 spiro atoms. The minimum absolute atomic E-state index is 0.00617. The number of ketones is 1. The van der Waals surface area contributed by atoms with Gasteiger partial charge in [-0.2, -0.15) is 0 Å². The van der Waals surface area contributed by atoms with Gasteiger partial charge in [0, 0.05) is 17.2 Å². The summed E-state index contributed by atoms with van der Waals surface area (Å²) in [6, 6.07) is 9.37. The van der Waals surface area contributed by atoms with Crippen LogP contribution in [0.25, 0.3) is 0 Å². The van der Waals surface area contributed by atoms with E-state index in [9.17, 15) is 4.79 Å². The number of ether oxygens (including phenoxy) is 1. The first-order valence-corrected chi connectivity index (χ1v) is 5.58. The standard InChI is InChI=1S/C14H19NO2/c1-14(2,3)13(16)9-11(15)10-17-12-7-5-4-6-8-12/h4-9H,10,15H2,1-3H3/b11-9-. The highest BCUT2D eigenvalue weighted by Gasteiger charge is 2.19. The third-order valence-corrected chi connectivity index (χ3v) is 2.20. The minimum Gasteiger partial charge on any atom is -0.487 e. The third-order valence-electron chi connectivity index (χ3n) is 2.20. The van der Waals surface area contributed by atoms with E-state index in [2.05, 4.69) is 0 Å². The molecule has 0 heterocycles. The van der Waals surface area contributed by atoms with E-state index in [4.69, 9.17) is 10.5 Å². The van der Waals surface area contributed by atoms with Crippen molar-refractivity contribution in [2.75, 3.05) is 6.61 Å². The zero-order chi connectivity index (χ0) is 12.9. The molecule has 1 rings (SSSR count). The zero-order valence-corrected chi connectivity index (χ0v) is 10.6. The Hall–Kier alpha value is -1.77. The number of carbonyl (C=O) groups is 1. The lowest BCUT2D eigenvalue weighted by Gasteiger charge is -2.14. The summed E-state index contributed by atoms with van der Waals surface area (Å²) in [6.07, 6.45) is 1.45. The fraction of sp³-hybridized carbons (Fsp3) is 0.357. The summed E-state index contributed by atoms with van der Waals surface area (Å²) in [5.74, 6) is 0.749. The van der Waals surface area contributed by atoms with E-state index < -0.39 is 5.41 Å². The third kappa shape index (κ3) is 4.72. The van der Waals surface area contributed by atoms with Gasteiger partial charge >= 0.3 is 0 Å². The normalized spacial score (nSPS) is 12.3. The molecular weight excluding hydrogens is 214 g/mol. The molecule has 0 aliphatic rings. The fourth-order valence-electron chi connectivity index (χ4n) is 1.11. The molecule has 0 atom stereocenters. The molecule has 0 aliphatic carbocycles. The van der Waals surface area contributed by atoms with Crippen LogP contribution in [0, 0.1) is 5.41 Å². The second-order valence-electron chi connectivity index (χ2n) is 4.94. The topological polar surface area (TPSA) is 52.3 Å². The molecule has 0 amide bonds. The number of hydrogen-bond donors (Lipinski definition) is 1. The van der Waals surface area contributed by atoms with Crippen LogP contribution in [0.15, 0.2) is 42.1 Å². The van der Waals surface area contributed by atoms with Crippen molar-refractivity contribution in [2.24, 2.45) is 11.1 Å². The molecule has 0 aliphatic heterocycles. The first kappa shape index (κ1) is 13.3. The van der Waals surface area contributed by atoms with Gasteiger partial charge in [-0.15, -0.1) is 0 Å². The number of para-hydroxylation sites is 1. The Balaban J connectivity index is 2.53. The van der Waals surface area contributed by atoms with E-state index >= 15 is 0 Å². The van der Waals surface area contributed by atoms with Crippen molar-refractivity contribution in [1.29, 1.82) is 0 Å². The van der Waals surface area contributed by atoms with Crippen LogP contribution >= 0.6 is 0 Å². The summed E-state index contributed by atoms with van der Waals surface area (Å²) < 4.78 is 5.44. The van der Waals surface area contributed by atoms with Crippen LogP contribution in [0.3, 0.4) is 0 Å². The summed E-state index contributed by atoms with van der Waals surface area (Å²) in [5.41, 5.74) is 5.77. The first-order chi connectivity index (χ1) is 7.89. The second-order valence-corrected chi connectivity index (χ2v) is 4.94. The van der Waals surface area contributed by atoms with Gasteiger partial charge in [-0.1, -0.05) is 39.0 Å². The van der Waals surface area contributed by atoms with Crippen molar-refractivity contribution >= 4 is 5.78 Å². The lowest BCUT2D eigenvalue weighted by molar-refractivity contribution is -0.121. The molecule has 0 radical (unpaired) electrons. The van der Waals surface area contributed by atoms with Crippen molar-refractivity contribution in [3.05, 3.63) is 42.1 Å². The molecule has 0 fully saturated rings. The molecule has 3 nitrogen and oxygen atoms in total. The second kappa shape index (κ2) is 5.53. The van der Waals surface area contributed by atoms with Crippen LogP contribution in [-0.2, 0) is 4.79 Å². The zero-order valence-electron chi connectivity index (χ0n) is 10.6. The molecule has 92 valence electrons. The number of benzene rings is 1. The molecule has 17 heavy (non-hydrogen) atoms. The van der Waals surface area contributed by atoms with Gasteiger partial charge in [0.2, 0.25) is 0 Å². The average molecular weight is 233 g/mol. The molecule has 0 saturated carbocycles. The largest absolute Gasteiger partial charge is 0.487 e. The van der Waals surface area contributed by atoms with Crippen molar-refractivity contribution in [1.82, 2.24) is 0 Å². The monoisotopic (exact) mass is 233 g/mol. The smallest absolute Gasteiger partial charge is 0.162 e. The van der Waals surface area contributed by atoms with E-state index in [1.807, 2.05) is 51.1 Å². The average Bonchev–Trinajstić information content (AvgIpc) is 2.26. The van der Waals surface area contributed by atoms with Crippen LogP contribution < -0.4 is 10.5 Å². The molecule has 0 bridgehead atoms. The maximum atomic E-state index is 11.7. The molecule has 0 saturated heterocycles. The maximum Gasteiger partial charge on any atom is 0.162 e. The number of carbonyl (C=O) groups excluding carboxylic acids is 1. The Morgan fingerprint density at radius 1 is 1.29 bits per heavy atom. The van der Waals surface area contributed by atoms with E-state index in [1.165, 1.54) is 6.08 Å². The summed E-state index contributed by atoms with van der Waals surface area (Å²) in [4.78, 5) is 11.7. The summed E-state index contributed by atoms with van der Waals surface area (Å²) >= 11 is 0. The van der Waals surface area contributed by atoms with Gasteiger partial charge in [-0.05, 0) is 12.1 Å². The maximum absolute atomic E-state index is 11.7. The summed E-state index contributed by atoms with van der Waals surface area (Å²) in [5, 5.41) is 0. The Morgan fingerprint density at radius 2 is 1.88 bits per heavy atom. The quantitative estimate of drug-likeness (QED) is 0.813. The van der Waals surface area contributed by atoms with Crippen LogP contribution in [0.1, 0.15) is 20.8 Å². The Bertz CT molecular complexity index is 402. The highest BCUT2D eigenvalue weighted by molar-refractivity contribution is 5.94. The molecule has 1 aromatic rings. The molecule has 0 unspecified atom stereocenters. The van der Waals surface area contributed by atoms with Gasteiger partial charge in [0.15, 0.2) is 5.78 Å². The highest BCUT2D eigenvalue weighted by Crippen LogP contribution is 2.16. The fourth-order valence-corrected chi connectivity index (χ4v) is 1.11. The molecule has 0 aromatic heterocycles. The predicted octanol–water partition coefficient (Wildman–Crippen LogP) is 2.52. The Labute approximate surface area is 102 Å². The lowest BCUT2D eigenvalue weighted by atomic mass is 9.90. The van der Waals surface area contributed by atoms with Gasteiger partial charge in [-0.3, -0.25) is 4.79 Å². The number of allylic oxidation sites excluding steroid dienone is 1. The van der Waals surface area contributed by atoms with E-state index in [0.29, 0.717) is 5.70 Å². The lowest BCUT2D eigenvalue weighted by Crippen LogP contribution is -2.20. The summed E-state index contributed by atoms with van der Waals surface area (Å²) in [7, 11) is 0. The van der Waals surface area contributed by atoms with Gasteiger partial charge in [0.05, 0.1) is 0 Å². The van der Waals surface area contributed by atoms with Crippen molar-refractivity contribution in [3.8, 4) is 5.75 Å². The van der Waals surface area contributed by atoms with Crippen LogP contribution in [0.4, 0.5) is 0 Å². The van der Waals surface area contributed by atoms with Gasteiger partial charge < -0.3 is 10.5 Å². The SMILES string of the molecule is CC(C)(C)C(=O)/C=C(\N)COc1ccccc1. The predicted molar refractivity (Wildman–Crippen MR) is 68.7 cm³/mol. The van der Waals surface area contributed by atoms with Crippen LogP contribution in [0.2, 0.25) is 0 Å².